The largest absolute Gasteiger partial charge is 0.444 e. The molecule has 0 spiro atoms. The van der Waals surface area contributed by atoms with Crippen LogP contribution in [0.25, 0.3) is 0 Å². The number of nitrogens with zero attached hydrogens (tertiary/aromatic N) is 3. The number of halogens is 3. The van der Waals surface area contributed by atoms with Gasteiger partial charge in [-0.15, -0.1) is 0 Å². The predicted molar refractivity (Wildman–Crippen MR) is 88.6 cm³/mol. The number of hydrogen-bond donors (Lipinski definition) is 1. The van der Waals surface area contributed by atoms with Crippen molar-refractivity contribution in [3.8, 4) is 6.07 Å². The summed E-state index contributed by atoms with van der Waals surface area (Å²) >= 11 is 0. The summed E-state index contributed by atoms with van der Waals surface area (Å²) in [6.45, 7) is 5.25. The molecule has 1 aromatic rings. The first-order chi connectivity index (χ1) is 12.5. The van der Waals surface area contributed by atoms with Crippen molar-refractivity contribution >= 4 is 5.78 Å². The smallest absolute Gasteiger partial charge is 0.433 e. The van der Waals surface area contributed by atoms with Crippen molar-refractivity contribution in [3.63, 3.8) is 0 Å². The van der Waals surface area contributed by atoms with Gasteiger partial charge in [0.15, 0.2) is 5.78 Å². The van der Waals surface area contributed by atoms with Gasteiger partial charge in [-0.3, -0.25) is 9.48 Å². The van der Waals surface area contributed by atoms with Crippen LogP contribution in [0.15, 0.2) is 29.0 Å². The molecule has 0 unspecified atom stereocenters. The first-order valence-electron chi connectivity index (χ1n) is 8.47. The third kappa shape index (κ3) is 3.09. The molecular formula is C18H19F3N4O2. The molecular weight excluding hydrogens is 361 g/mol. The molecule has 0 radical (unpaired) electrons. The van der Waals surface area contributed by atoms with Crippen LogP contribution in [0.3, 0.4) is 0 Å². The summed E-state index contributed by atoms with van der Waals surface area (Å²) in [4.78, 5) is 12.8. The van der Waals surface area contributed by atoms with E-state index in [4.69, 9.17) is 10.5 Å². The highest BCUT2D eigenvalue weighted by molar-refractivity contribution is 6.00. The molecule has 3 rings (SSSR count). The second-order valence-corrected chi connectivity index (χ2v) is 7.46. The molecule has 27 heavy (non-hydrogen) atoms. The Balaban J connectivity index is 2.28. The van der Waals surface area contributed by atoms with Crippen LogP contribution in [0.5, 0.6) is 0 Å². The number of allylic oxidation sites excluding steroid dienone is 3. The number of hydrogen-bond acceptors (Lipinski definition) is 5. The lowest BCUT2D eigenvalue weighted by Crippen LogP contribution is -2.34. The van der Waals surface area contributed by atoms with Gasteiger partial charge in [0.2, 0.25) is 5.88 Å². The van der Waals surface area contributed by atoms with Gasteiger partial charge in [0.05, 0.1) is 12.1 Å². The Bertz CT molecular complexity index is 916. The second-order valence-electron chi connectivity index (χ2n) is 7.46. The number of ether oxygens (including phenoxy) is 1. The highest BCUT2D eigenvalue weighted by atomic mass is 19.4. The van der Waals surface area contributed by atoms with Crippen LogP contribution in [0, 0.1) is 16.7 Å². The van der Waals surface area contributed by atoms with Crippen molar-refractivity contribution in [2.75, 3.05) is 0 Å². The Morgan fingerprint density at radius 2 is 2.11 bits per heavy atom. The summed E-state index contributed by atoms with van der Waals surface area (Å²) in [6, 6.07) is 1.82. The van der Waals surface area contributed by atoms with E-state index in [1.54, 1.807) is 0 Å². The number of Topliss-reactive ketones (excluding diaryl/α,β-unsaturated/α-hetero) is 1. The molecule has 0 aromatic carbocycles. The average molecular weight is 380 g/mol. The summed E-state index contributed by atoms with van der Waals surface area (Å²) in [5, 5.41) is 13.3. The van der Waals surface area contributed by atoms with Gasteiger partial charge in [0.25, 0.3) is 0 Å². The van der Waals surface area contributed by atoms with Gasteiger partial charge < -0.3 is 10.5 Å². The number of nitrogens with two attached hydrogens (primary N) is 1. The number of carbonyl (C=O) groups is 1. The molecule has 0 fully saturated rings. The molecule has 144 valence electrons. The molecule has 0 saturated heterocycles. The molecule has 0 saturated carbocycles. The highest BCUT2D eigenvalue weighted by Crippen LogP contribution is 2.49. The minimum atomic E-state index is -4.70. The zero-order chi connectivity index (χ0) is 20.1. The summed E-state index contributed by atoms with van der Waals surface area (Å²) in [7, 11) is 0. The van der Waals surface area contributed by atoms with Crippen LogP contribution < -0.4 is 5.73 Å². The van der Waals surface area contributed by atoms with E-state index in [9.17, 15) is 23.2 Å². The van der Waals surface area contributed by atoms with Crippen LogP contribution in [0.2, 0.25) is 0 Å². The highest BCUT2D eigenvalue weighted by Gasteiger charge is 2.47. The van der Waals surface area contributed by atoms with E-state index < -0.39 is 23.2 Å². The minimum Gasteiger partial charge on any atom is -0.444 e. The summed E-state index contributed by atoms with van der Waals surface area (Å²) in [5.41, 5.74) is 4.05. The lowest BCUT2D eigenvalue weighted by atomic mass is 9.70. The average Bonchev–Trinajstić information content (AvgIpc) is 2.96. The number of ketones is 1. The molecule has 1 aliphatic heterocycles. The van der Waals surface area contributed by atoms with Crippen LogP contribution in [-0.2, 0) is 22.3 Å². The van der Waals surface area contributed by atoms with Gasteiger partial charge in [-0.25, -0.2) is 0 Å². The Kier molecular flexibility index (Phi) is 4.33. The van der Waals surface area contributed by atoms with Gasteiger partial charge in [-0.05, 0) is 12.3 Å². The minimum absolute atomic E-state index is 0.00791. The van der Waals surface area contributed by atoms with Crippen molar-refractivity contribution < 1.29 is 22.7 Å². The van der Waals surface area contributed by atoms with Gasteiger partial charge in [-0.2, -0.15) is 23.5 Å². The van der Waals surface area contributed by atoms with E-state index >= 15 is 0 Å². The van der Waals surface area contributed by atoms with E-state index in [1.807, 2.05) is 19.9 Å². The first kappa shape index (κ1) is 19.0. The standard InChI is InChI=1S/C18H19F3N4O2/c1-4-25-15(18(19,20)21)10(8-24-25)13-9(7-22)16(23)27-12-6-17(2,3)5-11(26)14(12)13/h8,13H,4-6,23H2,1-3H3/t13-/m1/s1. The molecule has 2 aliphatic rings. The zero-order valence-corrected chi connectivity index (χ0v) is 15.1. The third-order valence-electron chi connectivity index (χ3n) is 4.82. The van der Waals surface area contributed by atoms with Crippen molar-refractivity contribution in [2.45, 2.75) is 52.3 Å². The normalized spacial score (nSPS) is 22.4. The van der Waals surface area contributed by atoms with Crippen molar-refractivity contribution in [3.05, 3.63) is 40.2 Å². The zero-order valence-electron chi connectivity index (χ0n) is 15.1. The van der Waals surface area contributed by atoms with Gasteiger partial charge >= 0.3 is 6.18 Å². The SMILES string of the molecule is CCn1ncc([C@H]2C(C#N)=C(N)OC3=C2C(=O)CC(C)(C)C3)c1C(F)(F)F. The van der Waals surface area contributed by atoms with Crippen LogP contribution >= 0.6 is 0 Å². The van der Waals surface area contributed by atoms with Gasteiger partial charge in [0, 0.05) is 30.5 Å². The Morgan fingerprint density at radius 3 is 2.67 bits per heavy atom. The van der Waals surface area contributed by atoms with Crippen molar-refractivity contribution in [1.82, 2.24) is 9.78 Å². The molecule has 0 bridgehead atoms. The predicted octanol–water partition coefficient (Wildman–Crippen LogP) is 3.37. The lowest BCUT2D eigenvalue weighted by molar-refractivity contribution is -0.145. The number of rotatable bonds is 2. The number of carbonyl (C=O) groups excluding carboxylic acids is 1. The quantitative estimate of drug-likeness (QED) is 0.849. The Hall–Kier alpha value is -2.76. The lowest BCUT2D eigenvalue weighted by Gasteiger charge is -2.37. The molecule has 2 N–H and O–H groups in total. The first-order valence-corrected chi connectivity index (χ1v) is 8.47. The van der Waals surface area contributed by atoms with Crippen molar-refractivity contribution in [2.24, 2.45) is 11.1 Å². The van der Waals surface area contributed by atoms with Crippen LogP contribution in [0.4, 0.5) is 13.2 Å². The van der Waals surface area contributed by atoms with E-state index in [2.05, 4.69) is 5.10 Å². The van der Waals surface area contributed by atoms with Gasteiger partial charge in [-0.1, -0.05) is 13.8 Å². The third-order valence-corrected chi connectivity index (χ3v) is 4.82. The van der Waals surface area contributed by atoms with E-state index in [0.29, 0.717) is 6.42 Å². The summed E-state index contributed by atoms with van der Waals surface area (Å²) in [5.74, 6) is -1.62. The number of aromatic nitrogens is 2. The Morgan fingerprint density at radius 1 is 1.44 bits per heavy atom. The molecule has 1 atom stereocenters. The molecule has 2 heterocycles. The fourth-order valence-corrected chi connectivity index (χ4v) is 3.76. The Labute approximate surface area is 154 Å². The fraction of sp³-hybridized carbons (Fsp3) is 0.500. The number of aryl methyl sites for hydroxylation is 1. The van der Waals surface area contributed by atoms with E-state index in [-0.39, 0.29) is 47.1 Å². The van der Waals surface area contributed by atoms with Crippen molar-refractivity contribution in [1.29, 1.82) is 5.26 Å². The monoisotopic (exact) mass is 380 g/mol. The number of nitriles is 1. The summed E-state index contributed by atoms with van der Waals surface area (Å²) in [6.07, 6.45) is -3.15. The van der Waals surface area contributed by atoms with E-state index in [0.717, 1.165) is 10.9 Å². The maximum atomic E-state index is 13.7. The number of alkyl halides is 3. The molecule has 6 nitrogen and oxygen atoms in total. The van der Waals surface area contributed by atoms with E-state index in [1.165, 1.54) is 6.92 Å². The van der Waals surface area contributed by atoms with Crippen LogP contribution in [0.1, 0.15) is 50.8 Å². The van der Waals surface area contributed by atoms with Gasteiger partial charge in [0.1, 0.15) is 23.1 Å². The maximum Gasteiger partial charge on any atom is 0.433 e. The van der Waals surface area contributed by atoms with Crippen LogP contribution in [-0.4, -0.2) is 15.6 Å². The molecule has 1 aliphatic carbocycles. The molecule has 9 heteroatoms. The molecule has 1 aromatic heterocycles. The fourth-order valence-electron chi connectivity index (χ4n) is 3.76. The maximum absolute atomic E-state index is 13.7. The summed E-state index contributed by atoms with van der Waals surface area (Å²) < 4.78 is 47.5. The second kappa shape index (κ2) is 6.15. The topological polar surface area (TPSA) is 93.9 Å². The molecule has 0 amide bonds.